The van der Waals surface area contributed by atoms with Crippen molar-refractivity contribution in [1.29, 1.82) is 0 Å². The number of carboxylic acid groups (broad SMARTS) is 1. The van der Waals surface area contributed by atoms with Crippen LogP contribution in [0, 0.1) is 17.5 Å². The van der Waals surface area contributed by atoms with Gasteiger partial charge in [-0.2, -0.15) is 0 Å². The second-order valence-corrected chi connectivity index (χ2v) is 4.24. The number of hydrogen-bond donors (Lipinski definition) is 2. The Morgan fingerprint density at radius 1 is 1.15 bits per heavy atom. The molecule has 1 amide bonds. The van der Waals surface area contributed by atoms with Gasteiger partial charge in [0.2, 0.25) is 0 Å². The molecule has 1 aromatic carbocycles. The van der Waals surface area contributed by atoms with Gasteiger partial charge in [-0.05, 0) is 25.0 Å². The number of benzene rings is 1. The summed E-state index contributed by atoms with van der Waals surface area (Å²) >= 11 is 0. The molecule has 0 aliphatic carbocycles. The fourth-order valence-electron chi connectivity index (χ4n) is 1.85. The molecule has 0 radical (unpaired) electrons. The van der Waals surface area contributed by atoms with Gasteiger partial charge >= 0.3 is 5.97 Å². The Balaban J connectivity index is 2.06. The molecule has 108 valence electrons. The minimum Gasteiger partial charge on any atom is -0.479 e. The van der Waals surface area contributed by atoms with Gasteiger partial charge in [-0.15, -0.1) is 0 Å². The van der Waals surface area contributed by atoms with E-state index in [1.165, 1.54) is 0 Å². The number of carbonyl (C=O) groups excluding carboxylic acids is 1. The average molecular weight is 289 g/mol. The third kappa shape index (κ3) is 2.74. The number of rotatable bonds is 3. The molecule has 1 aliphatic heterocycles. The molecule has 1 saturated heterocycles. The number of halogens is 3. The molecular weight excluding hydrogens is 279 g/mol. The van der Waals surface area contributed by atoms with Gasteiger partial charge in [-0.25, -0.2) is 18.0 Å². The zero-order valence-electron chi connectivity index (χ0n) is 10.0. The molecule has 20 heavy (non-hydrogen) atoms. The van der Waals surface area contributed by atoms with Crippen molar-refractivity contribution in [2.45, 2.75) is 25.0 Å². The number of ether oxygens (including phenoxy) is 1. The van der Waals surface area contributed by atoms with Crippen molar-refractivity contribution in [3.8, 4) is 0 Å². The Morgan fingerprint density at radius 3 is 2.40 bits per heavy atom. The van der Waals surface area contributed by atoms with Gasteiger partial charge in [-0.3, -0.25) is 4.79 Å². The van der Waals surface area contributed by atoms with Gasteiger partial charge in [0.05, 0.1) is 5.69 Å². The molecule has 0 unspecified atom stereocenters. The van der Waals surface area contributed by atoms with Crippen LogP contribution in [0.15, 0.2) is 12.1 Å². The minimum atomic E-state index is -1.70. The summed E-state index contributed by atoms with van der Waals surface area (Å²) < 4.78 is 44.0. The van der Waals surface area contributed by atoms with Crippen LogP contribution in [-0.2, 0) is 14.3 Å². The lowest BCUT2D eigenvalue weighted by Crippen LogP contribution is -2.30. The van der Waals surface area contributed by atoms with E-state index in [1.807, 2.05) is 5.32 Å². The summed E-state index contributed by atoms with van der Waals surface area (Å²) in [5, 5.41) is 10.7. The van der Waals surface area contributed by atoms with E-state index in [2.05, 4.69) is 0 Å². The Kier molecular flexibility index (Phi) is 3.93. The monoisotopic (exact) mass is 289 g/mol. The highest BCUT2D eigenvalue weighted by atomic mass is 19.2. The van der Waals surface area contributed by atoms with Crippen molar-refractivity contribution in [2.75, 3.05) is 5.32 Å². The van der Waals surface area contributed by atoms with Crippen LogP contribution in [0.1, 0.15) is 12.8 Å². The van der Waals surface area contributed by atoms with E-state index in [1.54, 1.807) is 0 Å². The predicted octanol–water partition coefficient (Wildman–Crippen LogP) is 1.67. The number of carbonyl (C=O) groups is 2. The summed E-state index contributed by atoms with van der Waals surface area (Å²) in [5.41, 5.74) is -0.531. The van der Waals surface area contributed by atoms with Crippen molar-refractivity contribution in [3.63, 3.8) is 0 Å². The molecule has 0 bridgehead atoms. The molecule has 8 heteroatoms. The molecule has 2 atom stereocenters. The van der Waals surface area contributed by atoms with Crippen molar-refractivity contribution in [2.24, 2.45) is 0 Å². The van der Waals surface area contributed by atoms with Crippen LogP contribution in [0.2, 0.25) is 0 Å². The first kappa shape index (κ1) is 14.3. The van der Waals surface area contributed by atoms with Crippen LogP contribution in [0.25, 0.3) is 0 Å². The molecule has 0 aromatic heterocycles. The lowest BCUT2D eigenvalue weighted by Gasteiger charge is -2.12. The van der Waals surface area contributed by atoms with E-state index in [0.717, 1.165) is 6.07 Å². The highest BCUT2D eigenvalue weighted by Gasteiger charge is 2.35. The number of anilines is 1. The quantitative estimate of drug-likeness (QED) is 0.830. The fraction of sp³-hybridized carbons (Fsp3) is 0.333. The maximum absolute atomic E-state index is 13.4. The SMILES string of the molecule is O=C(Nc1ccc(F)c(F)c1F)[C@@H]1CC[C@H](C(=O)O)O1. The average Bonchev–Trinajstić information content (AvgIpc) is 2.89. The first-order valence-electron chi connectivity index (χ1n) is 5.72. The van der Waals surface area contributed by atoms with E-state index < -0.39 is 47.2 Å². The van der Waals surface area contributed by atoms with E-state index in [-0.39, 0.29) is 12.8 Å². The topological polar surface area (TPSA) is 75.6 Å². The van der Waals surface area contributed by atoms with Crippen LogP contribution in [0.5, 0.6) is 0 Å². The molecule has 1 fully saturated rings. The number of hydrogen-bond acceptors (Lipinski definition) is 3. The van der Waals surface area contributed by atoms with Crippen molar-refractivity contribution >= 4 is 17.6 Å². The van der Waals surface area contributed by atoms with E-state index in [9.17, 15) is 22.8 Å². The Morgan fingerprint density at radius 2 is 1.80 bits per heavy atom. The summed E-state index contributed by atoms with van der Waals surface area (Å²) in [7, 11) is 0. The van der Waals surface area contributed by atoms with Crippen molar-refractivity contribution in [3.05, 3.63) is 29.6 Å². The second kappa shape index (κ2) is 5.49. The van der Waals surface area contributed by atoms with Gasteiger partial charge in [0.1, 0.15) is 6.10 Å². The lowest BCUT2D eigenvalue weighted by molar-refractivity contribution is -0.150. The molecule has 1 aromatic rings. The molecule has 0 saturated carbocycles. The minimum absolute atomic E-state index is 0.147. The maximum atomic E-state index is 13.4. The van der Waals surface area contributed by atoms with Gasteiger partial charge in [0.15, 0.2) is 23.6 Å². The van der Waals surface area contributed by atoms with Crippen LogP contribution in [0.3, 0.4) is 0 Å². The third-order valence-corrected chi connectivity index (χ3v) is 2.88. The van der Waals surface area contributed by atoms with Crippen molar-refractivity contribution < 1.29 is 32.6 Å². The standard InChI is InChI=1S/C12H10F3NO4/c13-5-1-2-6(10(15)9(5)14)16-11(17)7-3-4-8(20-7)12(18)19/h1-2,7-8H,3-4H2,(H,16,17)(H,18,19)/t7-,8+/m0/s1. The van der Waals surface area contributed by atoms with Crippen LogP contribution < -0.4 is 5.32 Å². The molecule has 1 heterocycles. The summed E-state index contributed by atoms with van der Waals surface area (Å²) in [5.74, 6) is -6.59. The molecule has 0 spiro atoms. The lowest BCUT2D eigenvalue weighted by atomic mass is 10.2. The third-order valence-electron chi connectivity index (χ3n) is 2.88. The predicted molar refractivity (Wildman–Crippen MR) is 60.5 cm³/mol. The maximum Gasteiger partial charge on any atom is 0.332 e. The number of nitrogens with one attached hydrogen (secondary N) is 1. The van der Waals surface area contributed by atoms with Crippen LogP contribution in [-0.4, -0.2) is 29.2 Å². The van der Waals surface area contributed by atoms with Gasteiger partial charge < -0.3 is 15.2 Å². The number of amides is 1. The summed E-state index contributed by atoms with van der Waals surface area (Å²) in [6.45, 7) is 0. The largest absolute Gasteiger partial charge is 0.479 e. The highest BCUT2D eigenvalue weighted by molar-refractivity contribution is 5.94. The fourth-order valence-corrected chi connectivity index (χ4v) is 1.85. The zero-order valence-corrected chi connectivity index (χ0v) is 10.0. The smallest absolute Gasteiger partial charge is 0.332 e. The molecule has 5 nitrogen and oxygen atoms in total. The van der Waals surface area contributed by atoms with Crippen LogP contribution in [0.4, 0.5) is 18.9 Å². The second-order valence-electron chi connectivity index (χ2n) is 4.24. The number of aliphatic carboxylic acids is 1. The van der Waals surface area contributed by atoms with E-state index in [4.69, 9.17) is 9.84 Å². The molecular formula is C12H10F3NO4. The number of carboxylic acids is 1. The van der Waals surface area contributed by atoms with Crippen LogP contribution >= 0.6 is 0 Å². The Labute approximate surface area is 111 Å². The zero-order chi connectivity index (χ0) is 14.9. The first-order valence-corrected chi connectivity index (χ1v) is 5.72. The van der Waals surface area contributed by atoms with Crippen molar-refractivity contribution in [1.82, 2.24) is 0 Å². The molecule has 2 N–H and O–H groups in total. The molecule has 1 aliphatic rings. The van der Waals surface area contributed by atoms with Gasteiger partial charge in [0, 0.05) is 0 Å². The molecule has 2 rings (SSSR count). The van der Waals surface area contributed by atoms with E-state index >= 15 is 0 Å². The summed E-state index contributed by atoms with van der Waals surface area (Å²) in [4.78, 5) is 22.4. The van der Waals surface area contributed by atoms with E-state index in [0.29, 0.717) is 6.07 Å². The first-order chi connectivity index (χ1) is 9.40. The highest BCUT2D eigenvalue weighted by Crippen LogP contribution is 2.23. The summed E-state index contributed by atoms with van der Waals surface area (Å²) in [6, 6.07) is 1.54. The van der Waals surface area contributed by atoms with Gasteiger partial charge in [-0.1, -0.05) is 0 Å². The van der Waals surface area contributed by atoms with Gasteiger partial charge in [0.25, 0.3) is 5.91 Å². The Hall–Kier alpha value is -2.09. The Bertz CT molecular complexity index is 564. The summed E-state index contributed by atoms with van der Waals surface area (Å²) in [6.07, 6.45) is -1.87. The normalized spacial score (nSPS) is 21.8.